The molecule has 0 N–H and O–H groups in total. The first kappa shape index (κ1) is 8.06. The van der Waals surface area contributed by atoms with Crippen LogP contribution in [0.1, 0.15) is 32.6 Å². The SMILES string of the molecule is [CH][N+]1(CCC)CCCCC1. The first-order valence-electron chi connectivity index (χ1n) is 4.41. The number of nitrogens with zero attached hydrogens (tertiary/aromatic N) is 1. The number of rotatable bonds is 2. The predicted molar refractivity (Wildman–Crippen MR) is 43.3 cm³/mol. The third kappa shape index (κ3) is 1.98. The van der Waals surface area contributed by atoms with Crippen molar-refractivity contribution in [3.8, 4) is 0 Å². The molecule has 1 saturated heterocycles. The van der Waals surface area contributed by atoms with Crippen LogP contribution in [0.5, 0.6) is 0 Å². The quantitative estimate of drug-likeness (QED) is 0.515. The normalized spacial score (nSPS) is 24.6. The molecule has 0 aromatic carbocycles. The molecule has 1 heteroatoms. The first-order chi connectivity index (χ1) is 4.77. The molecule has 0 amide bonds. The molecule has 0 unspecified atom stereocenters. The zero-order valence-corrected chi connectivity index (χ0v) is 6.97. The van der Waals surface area contributed by atoms with Crippen LogP contribution in [0.4, 0.5) is 0 Å². The molecule has 58 valence electrons. The highest BCUT2D eigenvalue weighted by Crippen LogP contribution is 2.17. The topological polar surface area (TPSA) is 0 Å². The van der Waals surface area contributed by atoms with Crippen molar-refractivity contribution in [2.45, 2.75) is 32.6 Å². The molecule has 0 aromatic rings. The average Bonchev–Trinajstić information content (AvgIpc) is 1.89. The van der Waals surface area contributed by atoms with E-state index >= 15 is 0 Å². The minimum atomic E-state index is 0.844. The van der Waals surface area contributed by atoms with Gasteiger partial charge in [0.1, 0.15) is 0 Å². The number of likely N-dealkylation sites (tertiary alicyclic amines) is 1. The van der Waals surface area contributed by atoms with Crippen LogP contribution in [0.25, 0.3) is 0 Å². The zero-order chi connectivity index (χ0) is 7.45. The summed E-state index contributed by atoms with van der Waals surface area (Å²) in [5.74, 6) is 0. The van der Waals surface area contributed by atoms with Gasteiger partial charge in [-0.25, -0.2) is 0 Å². The van der Waals surface area contributed by atoms with Gasteiger partial charge in [0.25, 0.3) is 0 Å². The van der Waals surface area contributed by atoms with Gasteiger partial charge in [-0.2, -0.15) is 0 Å². The van der Waals surface area contributed by atoms with E-state index in [4.69, 9.17) is 7.05 Å². The van der Waals surface area contributed by atoms with Crippen molar-refractivity contribution >= 4 is 0 Å². The van der Waals surface area contributed by atoms with E-state index in [0.717, 1.165) is 4.48 Å². The van der Waals surface area contributed by atoms with Crippen LogP contribution >= 0.6 is 0 Å². The van der Waals surface area contributed by atoms with Gasteiger partial charge in [-0.1, -0.05) is 6.92 Å². The fourth-order valence-electron chi connectivity index (χ4n) is 1.81. The minimum absolute atomic E-state index is 0.844. The third-order valence-electron chi connectivity index (χ3n) is 2.38. The molecule has 1 heterocycles. The second kappa shape index (κ2) is 3.38. The molecular weight excluding hydrogens is 122 g/mol. The van der Waals surface area contributed by atoms with Gasteiger partial charge in [-0.15, -0.1) is 0 Å². The molecule has 1 nitrogen and oxygen atoms in total. The molecular formula is C9H18N+. The molecule has 1 aliphatic heterocycles. The molecule has 0 aromatic heterocycles. The second-order valence-corrected chi connectivity index (χ2v) is 3.45. The Morgan fingerprint density at radius 2 is 1.80 bits per heavy atom. The summed E-state index contributed by atoms with van der Waals surface area (Å²) < 4.78 is 0.844. The lowest BCUT2D eigenvalue weighted by Crippen LogP contribution is -2.46. The molecule has 0 saturated carbocycles. The van der Waals surface area contributed by atoms with E-state index in [2.05, 4.69) is 6.92 Å². The van der Waals surface area contributed by atoms with E-state index in [0.29, 0.717) is 0 Å². The lowest BCUT2D eigenvalue weighted by atomic mass is 10.1. The lowest BCUT2D eigenvalue weighted by molar-refractivity contribution is -0.890. The summed E-state index contributed by atoms with van der Waals surface area (Å²) in [5, 5.41) is 0. The van der Waals surface area contributed by atoms with Crippen molar-refractivity contribution in [3.05, 3.63) is 7.05 Å². The Morgan fingerprint density at radius 3 is 2.30 bits per heavy atom. The standard InChI is InChI=1S/C9H18N/c1-3-7-10(2)8-5-4-6-9-10/h2H,3-9H2,1H3/q+1. The van der Waals surface area contributed by atoms with Crippen LogP contribution in [-0.4, -0.2) is 24.1 Å². The van der Waals surface area contributed by atoms with Gasteiger partial charge in [0.15, 0.2) is 0 Å². The molecule has 1 rings (SSSR count). The van der Waals surface area contributed by atoms with E-state index in [1.54, 1.807) is 0 Å². The van der Waals surface area contributed by atoms with Crippen LogP contribution in [0.3, 0.4) is 0 Å². The number of piperidine rings is 1. The Balaban J connectivity index is 2.32. The van der Waals surface area contributed by atoms with Crippen molar-refractivity contribution < 1.29 is 4.48 Å². The van der Waals surface area contributed by atoms with Gasteiger partial charge >= 0.3 is 0 Å². The van der Waals surface area contributed by atoms with E-state index in [1.165, 1.54) is 45.3 Å². The zero-order valence-electron chi connectivity index (χ0n) is 6.97. The smallest absolute Gasteiger partial charge is 0.206 e. The van der Waals surface area contributed by atoms with Gasteiger partial charge in [0, 0.05) is 0 Å². The molecule has 1 fully saturated rings. The summed E-state index contributed by atoms with van der Waals surface area (Å²) in [7, 11) is 6.11. The number of hydrogen-bond donors (Lipinski definition) is 0. The van der Waals surface area contributed by atoms with E-state index in [1.807, 2.05) is 0 Å². The second-order valence-electron chi connectivity index (χ2n) is 3.45. The van der Waals surface area contributed by atoms with E-state index in [9.17, 15) is 0 Å². The summed E-state index contributed by atoms with van der Waals surface area (Å²) in [5.41, 5.74) is 0. The van der Waals surface area contributed by atoms with Crippen LogP contribution in [0.15, 0.2) is 0 Å². The van der Waals surface area contributed by atoms with Gasteiger partial charge in [-0.05, 0) is 25.7 Å². The summed E-state index contributed by atoms with van der Waals surface area (Å²) in [6, 6.07) is 0. The fourth-order valence-corrected chi connectivity index (χ4v) is 1.81. The van der Waals surface area contributed by atoms with Gasteiger partial charge in [0.2, 0.25) is 7.05 Å². The Morgan fingerprint density at radius 1 is 1.20 bits per heavy atom. The Hall–Kier alpha value is -0.0400. The Bertz CT molecular complexity index is 87.4. The third-order valence-corrected chi connectivity index (χ3v) is 2.38. The molecule has 0 atom stereocenters. The molecule has 0 bridgehead atoms. The van der Waals surface area contributed by atoms with Crippen molar-refractivity contribution in [2.24, 2.45) is 0 Å². The highest BCUT2D eigenvalue weighted by molar-refractivity contribution is 4.52. The van der Waals surface area contributed by atoms with Crippen molar-refractivity contribution in [2.75, 3.05) is 19.6 Å². The maximum absolute atomic E-state index is 6.11. The highest BCUT2D eigenvalue weighted by Gasteiger charge is 2.23. The number of hydrogen-bond acceptors (Lipinski definition) is 0. The monoisotopic (exact) mass is 140 g/mol. The maximum Gasteiger partial charge on any atom is 0.206 e. The molecule has 1 aliphatic rings. The summed E-state index contributed by atoms with van der Waals surface area (Å²) >= 11 is 0. The van der Waals surface area contributed by atoms with Crippen LogP contribution in [-0.2, 0) is 0 Å². The van der Waals surface area contributed by atoms with Crippen LogP contribution in [0.2, 0.25) is 0 Å². The molecule has 0 aliphatic carbocycles. The summed E-state index contributed by atoms with van der Waals surface area (Å²) in [6.45, 7) is 5.78. The summed E-state index contributed by atoms with van der Waals surface area (Å²) in [6.07, 6.45) is 5.27. The molecule has 2 radical (unpaired) electrons. The number of quaternary nitrogens is 1. The lowest BCUT2D eigenvalue weighted by Gasteiger charge is -2.36. The largest absolute Gasteiger partial charge is 0.311 e. The maximum atomic E-state index is 6.11. The van der Waals surface area contributed by atoms with Crippen LogP contribution in [0, 0.1) is 7.05 Å². The van der Waals surface area contributed by atoms with Gasteiger partial charge < -0.3 is 4.48 Å². The van der Waals surface area contributed by atoms with Gasteiger partial charge in [-0.3, -0.25) is 0 Å². The fraction of sp³-hybridized carbons (Fsp3) is 0.889. The highest BCUT2D eigenvalue weighted by atomic mass is 15.3. The summed E-state index contributed by atoms with van der Waals surface area (Å²) in [4.78, 5) is 0. The van der Waals surface area contributed by atoms with Crippen molar-refractivity contribution in [3.63, 3.8) is 0 Å². The first-order valence-corrected chi connectivity index (χ1v) is 4.41. The van der Waals surface area contributed by atoms with Crippen molar-refractivity contribution in [1.29, 1.82) is 0 Å². The van der Waals surface area contributed by atoms with E-state index in [-0.39, 0.29) is 0 Å². The molecule has 10 heavy (non-hydrogen) atoms. The van der Waals surface area contributed by atoms with Crippen molar-refractivity contribution in [1.82, 2.24) is 0 Å². The Kier molecular flexibility index (Phi) is 2.72. The molecule has 0 spiro atoms. The average molecular weight is 140 g/mol. The van der Waals surface area contributed by atoms with Crippen LogP contribution < -0.4 is 0 Å². The minimum Gasteiger partial charge on any atom is -0.311 e. The van der Waals surface area contributed by atoms with Gasteiger partial charge in [0.05, 0.1) is 19.6 Å². The Labute approximate surface area is 64.6 Å². The predicted octanol–water partition coefficient (Wildman–Crippen LogP) is 2.07. The van der Waals surface area contributed by atoms with E-state index < -0.39 is 0 Å².